The standard InChI is InChI=1S/C31H18N4/c1-2-4-21-17(3-1)11-19-13-20-12-18-5-6-22-25-15-32-9-7-27(25)35-28-8-10-33-16-26(28)34-31(35)30(22)29(18)24(20)14-23(19)21/h1-10,13-16H,11-12H2. The third kappa shape index (κ3) is 2.15. The Bertz CT molecular complexity index is 2070. The zero-order chi connectivity index (χ0) is 22.7. The first-order valence-corrected chi connectivity index (χ1v) is 12.0. The number of pyridine rings is 3. The van der Waals surface area contributed by atoms with E-state index in [1.165, 1.54) is 55.3 Å². The van der Waals surface area contributed by atoms with Crippen molar-refractivity contribution in [2.24, 2.45) is 0 Å². The summed E-state index contributed by atoms with van der Waals surface area (Å²) in [6.45, 7) is 0. The summed E-state index contributed by atoms with van der Waals surface area (Å²) in [6, 6.07) is 22.4. The molecule has 35 heavy (non-hydrogen) atoms. The molecule has 4 aromatic heterocycles. The van der Waals surface area contributed by atoms with Crippen molar-refractivity contribution in [1.29, 1.82) is 0 Å². The van der Waals surface area contributed by atoms with E-state index in [0.29, 0.717) is 0 Å². The number of benzene rings is 3. The minimum absolute atomic E-state index is 0.914. The minimum atomic E-state index is 0.914. The largest absolute Gasteiger partial charge is 0.291 e. The van der Waals surface area contributed by atoms with E-state index in [2.05, 4.69) is 75.0 Å². The first-order chi connectivity index (χ1) is 17.3. The zero-order valence-electron chi connectivity index (χ0n) is 18.8. The molecule has 4 heterocycles. The molecule has 7 aromatic rings. The Morgan fingerprint density at radius 1 is 0.629 bits per heavy atom. The highest BCUT2D eigenvalue weighted by Gasteiger charge is 2.28. The van der Waals surface area contributed by atoms with Crippen LogP contribution in [0.4, 0.5) is 0 Å². The van der Waals surface area contributed by atoms with Gasteiger partial charge in [0, 0.05) is 29.4 Å². The molecule has 0 aliphatic heterocycles. The second kappa shape index (κ2) is 6.10. The van der Waals surface area contributed by atoms with E-state index in [-0.39, 0.29) is 0 Å². The molecule has 2 aliphatic carbocycles. The summed E-state index contributed by atoms with van der Waals surface area (Å²) in [5.74, 6) is 0. The predicted octanol–water partition coefficient (Wildman–Crippen LogP) is 6.73. The van der Waals surface area contributed by atoms with Crippen LogP contribution in [0, 0.1) is 0 Å². The molecular formula is C31H18N4. The van der Waals surface area contributed by atoms with Crippen molar-refractivity contribution in [2.75, 3.05) is 0 Å². The monoisotopic (exact) mass is 446 g/mol. The van der Waals surface area contributed by atoms with Crippen LogP contribution >= 0.6 is 0 Å². The molecule has 0 unspecified atom stereocenters. The molecule has 0 atom stereocenters. The van der Waals surface area contributed by atoms with Crippen molar-refractivity contribution < 1.29 is 0 Å². The first-order valence-electron chi connectivity index (χ1n) is 12.0. The lowest BCUT2D eigenvalue weighted by molar-refractivity contribution is 1.21. The maximum Gasteiger partial charge on any atom is 0.147 e. The van der Waals surface area contributed by atoms with Gasteiger partial charge in [-0.05, 0) is 80.9 Å². The highest BCUT2D eigenvalue weighted by molar-refractivity contribution is 6.19. The van der Waals surface area contributed by atoms with Gasteiger partial charge in [0.25, 0.3) is 0 Å². The maximum absolute atomic E-state index is 5.13. The lowest BCUT2D eigenvalue weighted by Gasteiger charge is -2.13. The Balaban J connectivity index is 1.48. The highest BCUT2D eigenvalue weighted by Crippen LogP contribution is 2.48. The van der Waals surface area contributed by atoms with Crippen LogP contribution in [0.2, 0.25) is 0 Å². The average molecular weight is 447 g/mol. The van der Waals surface area contributed by atoms with Crippen LogP contribution in [-0.2, 0) is 12.8 Å². The van der Waals surface area contributed by atoms with Gasteiger partial charge in [0.05, 0.1) is 17.2 Å². The molecule has 3 aromatic carbocycles. The summed E-state index contributed by atoms with van der Waals surface area (Å²) in [5.41, 5.74) is 15.2. The molecule has 0 radical (unpaired) electrons. The van der Waals surface area contributed by atoms with Gasteiger partial charge in [0.2, 0.25) is 0 Å². The van der Waals surface area contributed by atoms with Crippen molar-refractivity contribution in [2.45, 2.75) is 12.8 Å². The Labute approximate surface area is 200 Å². The number of hydrogen-bond acceptors (Lipinski definition) is 3. The van der Waals surface area contributed by atoms with Gasteiger partial charge in [-0.25, -0.2) is 4.98 Å². The first kappa shape index (κ1) is 17.8. The Hall–Kier alpha value is -4.57. The van der Waals surface area contributed by atoms with E-state index >= 15 is 0 Å². The van der Waals surface area contributed by atoms with Crippen LogP contribution in [0.15, 0.2) is 85.5 Å². The summed E-state index contributed by atoms with van der Waals surface area (Å²) in [7, 11) is 0. The predicted molar refractivity (Wildman–Crippen MR) is 140 cm³/mol. The van der Waals surface area contributed by atoms with E-state index in [9.17, 15) is 0 Å². The Kier molecular flexibility index (Phi) is 3.11. The third-order valence-electron chi connectivity index (χ3n) is 7.97. The van der Waals surface area contributed by atoms with E-state index in [1.54, 1.807) is 0 Å². The number of fused-ring (bicyclic) bond motifs is 15. The molecule has 162 valence electrons. The van der Waals surface area contributed by atoms with Gasteiger partial charge < -0.3 is 0 Å². The molecule has 9 rings (SSSR count). The van der Waals surface area contributed by atoms with Gasteiger partial charge in [-0.3, -0.25) is 14.4 Å². The molecule has 4 nitrogen and oxygen atoms in total. The molecule has 0 N–H and O–H groups in total. The third-order valence-corrected chi connectivity index (χ3v) is 7.97. The summed E-state index contributed by atoms with van der Waals surface area (Å²) in [5, 5.41) is 3.56. The fraction of sp³-hybridized carbons (Fsp3) is 0.0645. The van der Waals surface area contributed by atoms with Crippen LogP contribution < -0.4 is 0 Å². The van der Waals surface area contributed by atoms with Crippen LogP contribution in [-0.4, -0.2) is 19.4 Å². The number of aromatic nitrogens is 4. The van der Waals surface area contributed by atoms with Gasteiger partial charge in [0.1, 0.15) is 11.2 Å². The van der Waals surface area contributed by atoms with Crippen molar-refractivity contribution in [3.05, 3.63) is 108 Å². The van der Waals surface area contributed by atoms with E-state index in [0.717, 1.165) is 40.4 Å². The fourth-order valence-corrected chi connectivity index (χ4v) is 6.51. The number of imidazole rings is 1. The lowest BCUT2D eigenvalue weighted by atomic mass is 9.94. The average Bonchev–Trinajstić information content (AvgIpc) is 3.58. The second-order valence-corrected chi connectivity index (χ2v) is 9.73. The fourth-order valence-electron chi connectivity index (χ4n) is 6.51. The molecule has 0 saturated carbocycles. The smallest absolute Gasteiger partial charge is 0.147 e. The zero-order valence-corrected chi connectivity index (χ0v) is 18.8. The van der Waals surface area contributed by atoms with Crippen LogP contribution in [0.1, 0.15) is 22.3 Å². The molecular weight excluding hydrogens is 428 g/mol. The van der Waals surface area contributed by atoms with Gasteiger partial charge in [-0.1, -0.05) is 42.5 Å². The summed E-state index contributed by atoms with van der Waals surface area (Å²) in [6.07, 6.45) is 9.55. The molecule has 0 bridgehead atoms. The lowest BCUT2D eigenvalue weighted by Crippen LogP contribution is -1.94. The normalized spacial score (nSPS) is 13.5. The van der Waals surface area contributed by atoms with Crippen molar-refractivity contribution >= 4 is 38.4 Å². The summed E-state index contributed by atoms with van der Waals surface area (Å²) >= 11 is 0. The summed E-state index contributed by atoms with van der Waals surface area (Å²) < 4.78 is 2.29. The SMILES string of the molecule is c1ccc2c(c1)Cc1cc3c(cc1-2)-c1c(ccc2c4cnccc4n4c5ccncc5nc4c12)C3. The molecule has 0 fully saturated rings. The van der Waals surface area contributed by atoms with Gasteiger partial charge >= 0.3 is 0 Å². The van der Waals surface area contributed by atoms with E-state index in [1.807, 2.05) is 24.8 Å². The molecule has 0 spiro atoms. The van der Waals surface area contributed by atoms with Crippen molar-refractivity contribution in [3.8, 4) is 22.3 Å². The molecule has 0 saturated heterocycles. The highest BCUT2D eigenvalue weighted by atomic mass is 15.0. The molecule has 0 amide bonds. The van der Waals surface area contributed by atoms with Crippen LogP contribution in [0.3, 0.4) is 0 Å². The van der Waals surface area contributed by atoms with Gasteiger partial charge in [-0.15, -0.1) is 0 Å². The van der Waals surface area contributed by atoms with E-state index in [4.69, 9.17) is 4.98 Å². The number of rotatable bonds is 0. The Morgan fingerprint density at radius 3 is 2.43 bits per heavy atom. The summed E-state index contributed by atoms with van der Waals surface area (Å²) in [4.78, 5) is 14.0. The topological polar surface area (TPSA) is 43.1 Å². The quantitative estimate of drug-likeness (QED) is 0.243. The van der Waals surface area contributed by atoms with Crippen LogP contribution in [0.5, 0.6) is 0 Å². The van der Waals surface area contributed by atoms with Crippen molar-refractivity contribution in [3.63, 3.8) is 0 Å². The van der Waals surface area contributed by atoms with E-state index < -0.39 is 0 Å². The number of hydrogen-bond donors (Lipinski definition) is 0. The molecule has 4 heteroatoms. The van der Waals surface area contributed by atoms with Crippen molar-refractivity contribution in [1.82, 2.24) is 19.4 Å². The molecule has 2 aliphatic rings. The van der Waals surface area contributed by atoms with Crippen LogP contribution in [0.25, 0.3) is 60.6 Å². The minimum Gasteiger partial charge on any atom is -0.291 e. The van der Waals surface area contributed by atoms with Gasteiger partial charge in [-0.2, -0.15) is 0 Å². The second-order valence-electron chi connectivity index (χ2n) is 9.73. The maximum atomic E-state index is 5.13. The Morgan fingerprint density at radius 2 is 1.46 bits per heavy atom. The van der Waals surface area contributed by atoms with Gasteiger partial charge in [0.15, 0.2) is 0 Å². The number of nitrogens with zero attached hydrogens (tertiary/aromatic N) is 4.